The van der Waals surface area contributed by atoms with E-state index < -0.39 is 0 Å². The summed E-state index contributed by atoms with van der Waals surface area (Å²) in [7, 11) is 0. The number of carbonyl (C=O) groups excluding carboxylic acids is 3. The highest BCUT2D eigenvalue weighted by Crippen LogP contribution is 2.18. The van der Waals surface area contributed by atoms with Gasteiger partial charge in [0.05, 0.1) is 11.5 Å². The Labute approximate surface area is 135 Å². The molecule has 0 aromatic carbocycles. The predicted octanol–water partition coefficient (Wildman–Crippen LogP) is 0.517. The van der Waals surface area contributed by atoms with Crippen LogP contribution in [-0.2, 0) is 14.4 Å². The van der Waals surface area contributed by atoms with Gasteiger partial charge >= 0.3 is 0 Å². The molecular formula is C15H25N3O3S. The maximum atomic E-state index is 11.8. The van der Waals surface area contributed by atoms with E-state index in [2.05, 4.69) is 10.6 Å². The number of hydrogen-bond donors (Lipinski definition) is 2. The van der Waals surface area contributed by atoms with E-state index in [1.807, 2.05) is 4.90 Å². The molecule has 1 heterocycles. The van der Waals surface area contributed by atoms with Crippen LogP contribution in [0.2, 0.25) is 0 Å². The second kappa shape index (κ2) is 9.02. The molecule has 0 radical (unpaired) electrons. The van der Waals surface area contributed by atoms with Gasteiger partial charge in [0.15, 0.2) is 0 Å². The fraction of sp³-hybridized carbons (Fsp3) is 0.800. The van der Waals surface area contributed by atoms with Crippen molar-refractivity contribution in [1.82, 2.24) is 15.5 Å². The third kappa shape index (κ3) is 6.68. The van der Waals surface area contributed by atoms with Crippen LogP contribution in [0, 0.1) is 0 Å². The highest BCUT2D eigenvalue weighted by atomic mass is 32.2. The standard InChI is InChI=1S/C15H25N3O3S/c19-13(10-22-11-14(20)17-12-5-6-12)16-7-9-18-8-3-1-2-4-15(18)21/h12H,1-11H2,(H,16,19)(H,17,20). The molecule has 1 saturated heterocycles. The van der Waals surface area contributed by atoms with E-state index >= 15 is 0 Å². The molecule has 2 fully saturated rings. The Hall–Kier alpha value is -1.24. The number of amides is 3. The van der Waals surface area contributed by atoms with Crippen LogP contribution in [0.5, 0.6) is 0 Å². The SMILES string of the molecule is O=C(CSCC(=O)NC1CC1)NCCN1CCCCCC1=O. The molecule has 1 aliphatic heterocycles. The van der Waals surface area contributed by atoms with Gasteiger partial charge in [-0.05, 0) is 25.7 Å². The minimum absolute atomic E-state index is 0.00969. The summed E-state index contributed by atoms with van der Waals surface area (Å²) in [5.74, 6) is 0.737. The Kier molecular flexibility index (Phi) is 7.02. The van der Waals surface area contributed by atoms with Gasteiger partial charge in [-0.3, -0.25) is 14.4 Å². The number of hydrogen-bond acceptors (Lipinski definition) is 4. The number of likely N-dealkylation sites (tertiary alicyclic amines) is 1. The number of nitrogens with one attached hydrogen (secondary N) is 2. The fourth-order valence-electron chi connectivity index (χ4n) is 2.39. The van der Waals surface area contributed by atoms with Gasteiger partial charge in [0, 0.05) is 32.1 Å². The quantitative estimate of drug-likeness (QED) is 0.681. The van der Waals surface area contributed by atoms with E-state index in [1.165, 1.54) is 11.8 Å². The van der Waals surface area contributed by atoms with E-state index in [9.17, 15) is 14.4 Å². The van der Waals surface area contributed by atoms with Crippen molar-refractivity contribution in [2.45, 2.75) is 44.6 Å². The van der Waals surface area contributed by atoms with Crippen LogP contribution in [0.3, 0.4) is 0 Å². The van der Waals surface area contributed by atoms with Crippen molar-refractivity contribution in [3.05, 3.63) is 0 Å². The largest absolute Gasteiger partial charge is 0.354 e. The first kappa shape index (κ1) is 17.1. The van der Waals surface area contributed by atoms with E-state index in [-0.39, 0.29) is 23.5 Å². The van der Waals surface area contributed by atoms with Gasteiger partial charge in [-0.2, -0.15) is 0 Å². The van der Waals surface area contributed by atoms with E-state index in [0.29, 0.717) is 31.3 Å². The van der Waals surface area contributed by atoms with E-state index in [4.69, 9.17) is 0 Å². The Morgan fingerprint density at radius 3 is 2.68 bits per heavy atom. The summed E-state index contributed by atoms with van der Waals surface area (Å²) in [6.07, 6.45) is 5.90. The molecule has 2 aliphatic rings. The molecule has 3 amide bonds. The molecular weight excluding hydrogens is 302 g/mol. The van der Waals surface area contributed by atoms with Crippen molar-refractivity contribution in [1.29, 1.82) is 0 Å². The summed E-state index contributed by atoms with van der Waals surface area (Å²) >= 11 is 1.32. The Bertz CT molecular complexity index is 413. The molecule has 2 rings (SSSR count). The zero-order valence-corrected chi connectivity index (χ0v) is 13.8. The van der Waals surface area contributed by atoms with Gasteiger partial charge in [-0.25, -0.2) is 0 Å². The van der Waals surface area contributed by atoms with Crippen LogP contribution in [0.4, 0.5) is 0 Å². The number of carbonyl (C=O) groups is 3. The highest BCUT2D eigenvalue weighted by molar-refractivity contribution is 8.00. The van der Waals surface area contributed by atoms with Crippen molar-refractivity contribution < 1.29 is 14.4 Å². The number of nitrogens with zero attached hydrogens (tertiary/aromatic N) is 1. The lowest BCUT2D eigenvalue weighted by molar-refractivity contribution is -0.131. The number of thioether (sulfide) groups is 1. The first-order valence-electron chi connectivity index (χ1n) is 8.07. The van der Waals surface area contributed by atoms with Gasteiger partial charge in [0.2, 0.25) is 17.7 Å². The summed E-state index contributed by atoms with van der Waals surface area (Å²) in [5, 5.41) is 5.70. The Morgan fingerprint density at radius 2 is 1.91 bits per heavy atom. The zero-order valence-electron chi connectivity index (χ0n) is 12.9. The van der Waals surface area contributed by atoms with Gasteiger partial charge in [0.25, 0.3) is 0 Å². The molecule has 124 valence electrons. The van der Waals surface area contributed by atoms with Crippen molar-refractivity contribution in [2.24, 2.45) is 0 Å². The topological polar surface area (TPSA) is 78.5 Å². The molecule has 22 heavy (non-hydrogen) atoms. The molecule has 1 saturated carbocycles. The molecule has 2 N–H and O–H groups in total. The smallest absolute Gasteiger partial charge is 0.230 e. The third-order valence-electron chi connectivity index (χ3n) is 3.78. The molecule has 0 unspecified atom stereocenters. The maximum Gasteiger partial charge on any atom is 0.230 e. The monoisotopic (exact) mass is 327 g/mol. The Balaban J connectivity index is 1.51. The van der Waals surface area contributed by atoms with Gasteiger partial charge in [-0.1, -0.05) is 6.42 Å². The lowest BCUT2D eigenvalue weighted by Crippen LogP contribution is -2.38. The molecule has 0 bridgehead atoms. The lowest BCUT2D eigenvalue weighted by atomic mass is 10.2. The van der Waals surface area contributed by atoms with Crippen LogP contribution >= 0.6 is 11.8 Å². The maximum absolute atomic E-state index is 11.8. The van der Waals surface area contributed by atoms with Crippen LogP contribution in [0.1, 0.15) is 38.5 Å². The molecule has 0 aromatic rings. The van der Waals surface area contributed by atoms with E-state index in [1.54, 1.807) is 0 Å². The minimum atomic E-state index is -0.0773. The molecule has 0 atom stereocenters. The first-order chi connectivity index (χ1) is 10.6. The lowest BCUT2D eigenvalue weighted by Gasteiger charge is -2.20. The molecule has 6 nitrogen and oxygen atoms in total. The minimum Gasteiger partial charge on any atom is -0.354 e. The molecule has 0 aromatic heterocycles. The molecule has 1 aliphatic carbocycles. The van der Waals surface area contributed by atoms with Gasteiger partial charge in [0.1, 0.15) is 0 Å². The average Bonchev–Trinajstić information content (AvgIpc) is 3.29. The second-order valence-electron chi connectivity index (χ2n) is 5.88. The van der Waals surface area contributed by atoms with Gasteiger partial charge in [-0.15, -0.1) is 11.8 Å². The average molecular weight is 327 g/mol. The third-order valence-corrected chi connectivity index (χ3v) is 4.72. The summed E-state index contributed by atoms with van der Waals surface area (Å²) in [4.78, 5) is 36.8. The first-order valence-corrected chi connectivity index (χ1v) is 9.22. The van der Waals surface area contributed by atoms with Crippen LogP contribution in [0.25, 0.3) is 0 Å². The van der Waals surface area contributed by atoms with Crippen LogP contribution in [0.15, 0.2) is 0 Å². The van der Waals surface area contributed by atoms with Crippen molar-refractivity contribution >= 4 is 29.5 Å². The zero-order chi connectivity index (χ0) is 15.8. The van der Waals surface area contributed by atoms with Crippen molar-refractivity contribution in [3.63, 3.8) is 0 Å². The number of rotatable bonds is 8. The summed E-state index contributed by atoms with van der Waals surface area (Å²) in [6.45, 7) is 1.86. The Morgan fingerprint density at radius 1 is 1.14 bits per heavy atom. The van der Waals surface area contributed by atoms with Crippen LogP contribution in [-0.4, -0.2) is 59.8 Å². The second-order valence-corrected chi connectivity index (χ2v) is 6.86. The normalized spacial score (nSPS) is 18.7. The van der Waals surface area contributed by atoms with E-state index in [0.717, 1.165) is 38.6 Å². The molecule has 7 heteroatoms. The van der Waals surface area contributed by atoms with Crippen LogP contribution < -0.4 is 10.6 Å². The predicted molar refractivity (Wildman–Crippen MR) is 86.5 cm³/mol. The highest BCUT2D eigenvalue weighted by Gasteiger charge is 2.23. The molecule has 0 spiro atoms. The van der Waals surface area contributed by atoms with Gasteiger partial charge < -0.3 is 15.5 Å². The van der Waals surface area contributed by atoms with Crippen molar-refractivity contribution in [3.8, 4) is 0 Å². The summed E-state index contributed by atoms with van der Waals surface area (Å²) in [5.41, 5.74) is 0. The fourth-order valence-corrected chi connectivity index (χ4v) is 3.05. The summed E-state index contributed by atoms with van der Waals surface area (Å²) in [6, 6.07) is 0.369. The van der Waals surface area contributed by atoms with Crippen molar-refractivity contribution in [2.75, 3.05) is 31.1 Å². The summed E-state index contributed by atoms with van der Waals surface area (Å²) < 4.78 is 0.